The Bertz CT molecular complexity index is 1460. The molecular weight excluding hydrogens is 477 g/mol. The Morgan fingerprint density at radius 3 is 2.51 bits per heavy atom. The maximum atomic E-state index is 16.1. The third-order valence-electron chi connectivity index (χ3n) is 5.58. The lowest BCUT2D eigenvalue weighted by Gasteiger charge is -2.31. The first-order valence-electron chi connectivity index (χ1n) is 10.8. The van der Waals surface area contributed by atoms with E-state index < -0.39 is 33.2 Å². The number of anilines is 2. The van der Waals surface area contributed by atoms with Gasteiger partial charge in [-0.15, -0.1) is 0 Å². The first-order valence-corrected chi connectivity index (χ1v) is 12.7. The average Bonchev–Trinajstić information content (AvgIpc) is 3.14. The molecular formula is C23H26FN5O5S. The Balaban J connectivity index is 1.94. The Kier molecular flexibility index (Phi) is 5.95. The van der Waals surface area contributed by atoms with Gasteiger partial charge in [0.05, 0.1) is 41.3 Å². The highest BCUT2D eigenvalue weighted by molar-refractivity contribution is 7.92. The van der Waals surface area contributed by atoms with Gasteiger partial charge in [-0.25, -0.2) is 22.6 Å². The van der Waals surface area contributed by atoms with Crippen molar-refractivity contribution in [1.29, 1.82) is 0 Å². The fourth-order valence-electron chi connectivity index (χ4n) is 4.00. The number of carbonyl (C=O) groups excluding carboxylic acids is 2. The predicted molar refractivity (Wildman–Crippen MR) is 131 cm³/mol. The minimum absolute atomic E-state index is 0.00406. The number of sulfonamides is 1. The van der Waals surface area contributed by atoms with Gasteiger partial charge in [-0.3, -0.25) is 19.7 Å². The minimum atomic E-state index is -3.49. The number of H-pyrrole nitrogens is 1. The average molecular weight is 504 g/mol. The van der Waals surface area contributed by atoms with E-state index in [1.165, 1.54) is 18.1 Å². The predicted octanol–water partition coefficient (Wildman–Crippen LogP) is 3.49. The molecule has 1 saturated heterocycles. The molecule has 0 spiro atoms. The van der Waals surface area contributed by atoms with E-state index >= 15 is 4.39 Å². The number of benzene rings is 2. The van der Waals surface area contributed by atoms with Crippen LogP contribution in [0.4, 0.5) is 20.6 Å². The number of carbonyl (C=O) groups is 2. The van der Waals surface area contributed by atoms with Crippen molar-refractivity contribution in [2.75, 3.05) is 29.5 Å². The molecule has 0 saturated carbocycles. The monoisotopic (exact) mass is 503 g/mol. The second-order valence-electron chi connectivity index (χ2n) is 9.36. The molecule has 1 aliphatic rings. The first-order chi connectivity index (χ1) is 16.3. The van der Waals surface area contributed by atoms with Gasteiger partial charge in [-0.05, 0) is 29.7 Å². The Labute approximate surface area is 201 Å². The van der Waals surface area contributed by atoms with Crippen molar-refractivity contribution in [1.82, 2.24) is 15.3 Å². The molecule has 186 valence electrons. The molecule has 1 fully saturated rings. The molecule has 0 bridgehead atoms. The zero-order valence-electron chi connectivity index (χ0n) is 19.9. The summed E-state index contributed by atoms with van der Waals surface area (Å²) in [6.07, 6.45) is 1.08. The molecule has 0 radical (unpaired) electrons. The number of urea groups is 1. The minimum Gasteiger partial charge on any atom is -0.496 e. The Hall–Kier alpha value is -3.67. The van der Waals surface area contributed by atoms with E-state index in [-0.39, 0.29) is 35.8 Å². The number of hydrogen-bond donors (Lipinski definition) is 3. The number of aromatic amines is 1. The summed E-state index contributed by atoms with van der Waals surface area (Å²) in [4.78, 5) is 32.9. The number of rotatable bonds is 5. The standard InChI is InChI=1S/C23H26FN5O5S/c1-23(2,3)13-11-16(29-9-8-17(30)27-22(29)31)19(24)18(20(13)34-4)21-25-14-7-6-12(10-15(14)26-21)28-35(5,32)33/h6-7,10-11,28H,8-9H2,1-5H3,(H,25,26)(H,27,30,31). The molecule has 3 N–H and O–H groups in total. The number of amides is 3. The fraction of sp³-hybridized carbons (Fsp3) is 0.348. The van der Waals surface area contributed by atoms with Gasteiger partial charge in [0.1, 0.15) is 11.6 Å². The maximum absolute atomic E-state index is 16.1. The van der Waals surface area contributed by atoms with Crippen molar-refractivity contribution in [3.05, 3.63) is 35.6 Å². The van der Waals surface area contributed by atoms with E-state index in [0.29, 0.717) is 22.3 Å². The molecule has 3 amide bonds. The SMILES string of the molecule is COc1c(C(C)(C)C)cc(N2CCC(=O)NC2=O)c(F)c1-c1nc2cc(NS(C)(=O)=O)ccc2[nH]1. The first kappa shape index (κ1) is 24.5. The van der Waals surface area contributed by atoms with Crippen molar-refractivity contribution in [2.45, 2.75) is 32.6 Å². The number of fused-ring (bicyclic) bond motifs is 1. The van der Waals surface area contributed by atoms with Gasteiger partial charge in [-0.1, -0.05) is 20.8 Å². The lowest BCUT2D eigenvalue weighted by atomic mass is 9.84. The number of aromatic nitrogens is 2. The lowest BCUT2D eigenvalue weighted by Crippen LogP contribution is -2.50. The number of hydrogen-bond acceptors (Lipinski definition) is 6. The summed E-state index contributed by atoms with van der Waals surface area (Å²) in [6.45, 7) is 5.81. The van der Waals surface area contributed by atoms with Crippen LogP contribution < -0.4 is 19.7 Å². The summed E-state index contributed by atoms with van der Waals surface area (Å²) in [5.41, 5.74) is 1.41. The van der Waals surface area contributed by atoms with Crippen molar-refractivity contribution in [3.8, 4) is 17.1 Å². The zero-order chi connectivity index (χ0) is 25.7. The second-order valence-corrected chi connectivity index (χ2v) is 11.1. The Morgan fingerprint density at radius 1 is 1.20 bits per heavy atom. The van der Waals surface area contributed by atoms with Crippen LogP contribution in [0, 0.1) is 5.82 Å². The number of imide groups is 1. The summed E-state index contributed by atoms with van der Waals surface area (Å²) < 4.78 is 47.3. The van der Waals surface area contributed by atoms with Gasteiger partial charge >= 0.3 is 6.03 Å². The largest absolute Gasteiger partial charge is 0.496 e. The second kappa shape index (κ2) is 8.52. The summed E-state index contributed by atoms with van der Waals surface area (Å²) in [5.74, 6) is -0.771. The molecule has 35 heavy (non-hydrogen) atoms. The Morgan fingerprint density at radius 2 is 1.91 bits per heavy atom. The molecule has 3 aromatic rings. The molecule has 1 aliphatic heterocycles. The van der Waals surface area contributed by atoms with Crippen LogP contribution in [-0.2, 0) is 20.2 Å². The van der Waals surface area contributed by atoms with Gasteiger partial charge in [-0.2, -0.15) is 0 Å². The maximum Gasteiger partial charge on any atom is 0.328 e. The van der Waals surface area contributed by atoms with Crippen LogP contribution in [0.2, 0.25) is 0 Å². The number of methoxy groups -OCH3 is 1. The van der Waals surface area contributed by atoms with Crippen molar-refractivity contribution < 1.29 is 27.1 Å². The summed E-state index contributed by atoms with van der Waals surface area (Å²) in [7, 11) is -2.07. The van der Waals surface area contributed by atoms with Crippen LogP contribution in [0.3, 0.4) is 0 Å². The number of halogens is 1. The summed E-state index contributed by atoms with van der Waals surface area (Å²) >= 11 is 0. The third-order valence-corrected chi connectivity index (χ3v) is 6.18. The van der Waals surface area contributed by atoms with Crippen molar-refractivity contribution in [2.24, 2.45) is 0 Å². The zero-order valence-corrected chi connectivity index (χ0v) is 20.8. The number of imidazole rings is 1. The van der Waals surface area contributed by atoms with Gasteiger partial charge < -0.3 is 9.72 Å². The lowest BCUT2D eigenvalue weighted by molar-refractivity contribution is -0.120. The topological polar surface area (TPSA) is 133 Å². The number of nitrogens with one attached hydrogen (secondary N) is 3. The van der Waals surface area contributed by atoms with Gasteiger partial charge in [0.15, 0.2) is 5.82 Å². The van der Waals surface area contributed by atoms with Crippen LogP contribution in [0.25, 0.3) is 22.4 Å². The van der Waals surface area contributed by atoms with Crippen LogP contribution in [0.15, 0.2) is 24.3 Å². The fourth-order valence-corrected chi connectivity index (χ4v) is 4.56. The van der Waals surface area contributed by atoms with Gasteiger partial charge in [0, 0.05) is 18.5 Å². The molecule has 4 rings (SSSR count). The molecule has 2 heterocycles. The molecule has 0 unspecified atom stereocenters. The summed E-state index contributed by atoms with van der Waals surface area (Å²) in [5, 5.41) is 2.22. The van der Waals surface area contributed by atoms with Crippen molar-refractivity contribution in [3.63, 3.8) is 0 Å². The van der Waals surface area contributed by atoms with E-state index in [2.05, 4.69) is 20.0 Å². The van der Waals surface area contributed by atoms with E-state index in [4.69, 9.17) is 4.74 Å². The molecule has 1 aromatic heterocycles. The van der Waals surface area contributed by atoms with E-state index in [0.717, 1.165) is 6.26 Å². The molecule has 10 nitrogen and oxygen atoms in total. The van der Waals surface area contributed by atoms with Crippen LogP contribution in [-0.4, -0.2) is 50.2 Å². The van der Waals surface area contributed by atoms with Crippen LogP contribution >= 0.6 is 0 Å². The third kappa shape index (κ3) is 4.78. The summed E-state index contributed by atoms with van der Waals surface area (Å²) in [6, 6.07) is 5.56. The van der Waals surface area contributed by atoms with E-state index in [9.17, 15) is 18.0 Å². The highest BCUT2D eigenvalue weighted by Gasteiger charge is 2.33. The molecule has 12 heteroatoms. The highest BCUT2D eigenvalue weighted by atomic mass is 32.2. The van der Waals surface area contributed by atoms with E-state index in [1.807, 2.05) is 20.8 Å². The molecule has 2 aromatic carbocycles. The van der Waals surface area contributed by atoms with Gasteiger partial charge in [0.25, 0.3) is 0 Å². The number of nitrogens with zero attached hydrogens (tertiary/aromatic N) is 2. The van der Waals surface area contributed by atoms with Crippen molar-refractivity contribution >= 4 is 44.4 Å². The van der Waals surface area contributed by atoms with Crippen LogP contribution in [0.1, 0.15) is 32.8 Å². The van der Waals surface area contributed by atoms with E-state index in [1.54, 1.807) is 18.2 Å². The number of ether oxygens (including phenoxy) is 1. The molecule has 0 aliphatic carbocycles. The normalized spacial score (nSPS) is 14.9. The smallest absolute Gasteiger partial charge is 0.328 e. The van der Waals surface area contributed by atoms with Gasteiger partial charge in [0.2, 0.25) is 15.9 Å². The molecule has 0 atom stereocenters. The van der Waals surface area contributed by atoms with Crippen LogP contribution in [0.5, 0.6) is 5.75 Å². The highest BCUT2D eigenvalue weighted by Crippen LogP contribution is 2.44. The quantitative estimate of drug-likeness (QED) is 0.488.